The average Bonchev–Trinajstić information content (AvgIpc) is 4.10. The summed E-state index contributed by atoms with van der Waals surface area (Å²) in [7, 11) is 6.98. The highest BCUT2D eigenvalue weighted by molar-refractivity contribution is 6.39. The number of nitrogens with zero attached hydrogens (tertiary/aromatic N) is 3. The van der Waals surface area contributed by atoms with E-state index in [2.05, 4.69) is 60.0 Å². The number of rotatable bonds is 9. The number of benzene rings is 1. The molecule has 69 heavy (non-hydrogen) atoms. The number of aromatic nitrogens is 1. The van der Waals surface area contributed by atoms with Crippen LogP contribution in [0.4, 0.5) is 5.69 Å². The van der Waals surface area contributed by atoms with E-state index in [-0.39, 0.29) is 55.6 Å². The molecule has 2 saturated heterocycles. The maximum atomic E-state index is 14.6. The Morgan fingerprint density at radius 2 is 1.62 bits per heavy atom. The average molecular weight is 960 g/mol. The van der Waals surface area contributed by atoms with Gasteiger partial charge in [-0.3, -0.25) is 14.4 Å². The minimum Gasteiger partial charge on any atom is -0.456 e. The monoisotopic (exact) mass is 960 g/mol. The molecule has 14 heteroatoms. The summed E-state index contributed by atoms with van der Waals surface area (Å²) in [5.74, 6) is -7.35. The molecule has 14 nitrogen and oxygen atoms in total. The predicted molar refractivity (Wildman–Crippen MR) is 264 cm³/mol. The minimum absolute atomic E-state index is 0.0349. The number of hydrogen-bond acceptors (Lipinski definition) is 12. The van der Waals surface area contributed by atoms with Crippen molar-refractivity contribution in [2.24, 2.45) is 29.6 Å². The SMILES string of the molecule is CCC1/C=C(\C)CC(C)CC(OC)C2OC(O)(C(=O)C(=O)N3CCCCC3C(=O)OC(C(C)=CC3CCC(N(C)c4ccc5c(ccn5C5CC5)c4)C(OC)C3)C(C)C(O)CC1=O)C(C)CC2OC. The number of anilines is 1. The van der Waals surface area contributed by atoms with Gasteiger partial charge in [0.05, 0.1) is 30.5 Å². The summed E-state index contributed by atoms with van der Waals surface area (Å²) in [6.45, 7) is 11.5. The van der Waals surface area contributed by atoms with Crippen molar-refractivity contribution in [2.75, 3.05) is 39.8 Å². The third kappa shape index (κ3) is 11.6. The minimum atomic E-state index is -2.50. The van der Waals surface area contributed by atoms with Gasteiger partial charge in [0.2, 0.25) is 5.79 Å². The van der Waals surface area contributed by atoms with Gasteiger partial charge in [0.15, 0.2) is 0 Å². The van der Waals surface area contributed by atoms with Gasteiger partial charge in [0, 0.05) is 87.9 Å². The van der Waals surface area contributed by atoms with Gasteiger partial charge < -0.3 is 48.3 Å². The number of Topliss-reactive ketones (excluding diaryl/α,β-unsaturated/α-hetero) is 2. The number of allylic oxidation sites excluding steroid dienone is 3. The number of cyclic esters (lactones) is 1. The van der Waals surface area contributed by atoms with E-state index in [0.29, 0.717) is 38.1 Å². The van der Waals surface area contributed by atoms with E-state index in [1.807, 2.05) is 26.8 Å². The van der Waals surface area contributed by atoms with Crippen LogP contribution in [0.2, 0.25) is 0 Å². The lowest BCUT2D eigenvalue weighted by Gasteiger charge is -2.47. The number of aliphatic hydroxyl groups excluding tert-OH is 1. The van der Waals surface area contributed by atoms with Crippen LogP contribution in [0.1, 0.15) is 131 Å². The lowest BCUT2D eigenvalue weighted by molar-refractivity contribution is -0.302. The second-order valence-corrected chi connectivity index (χ2v) is 21.5. The Bertz CT molecular complexity index is 2200. The standard InChI is InChI=1S/C55H81N3O11/c1-11-38-25-32(2)24-33(3)26-48(66-9)51-49(67-10)28-35(5)55(64,69-51)52(61)53(62)58-22-13-12-14-44(58)54(63)68-50(36(6)45(59)31-46(38)60)34(4)27-37-15-19-43(47(29-37)65-8)56(7)41-18-20-42-39(30-41)21-23-57(42)40-16-17-40/h18,20-21,23,25,27,30,33,35-38,40,43-45,47-51,59,64H,11-17,19,22,24,26,28-29,31H2,1-10H3/b32-25+,34-27?. The van der Waals surface area contributed by atoms with Crippen molar-refractivity contribution in [1.29, 1.82) is 0 Å². The lowest BCUT2D eigenvalue weighted by atomic mass is 9.80. The molecule has 14 atom stereocenters. The highest BCUT2D eigenvalue weighted by Crippen LogP contribution is 2.41. The molecule has 2 bridgehead atoms. The van der Waals surface area contributed by atoms with Crippen LogP contribution >= 0.6 is 0 Å². The fraction of sp³-hybridized carbons (Fsp3) is 0.709. The summed E-state index contributed by atoms with van der Waals surface area (Å²) in [6, 6.07) is 8.49. The first-order chi connectivity index (χ1) is 32.9. The molecule has 5 aliphatic rings. The Morgan fingerprint density at radius 3 is 2.30 bits per heavy atom. The number of methoxy groups -OCH3 is 3. The molecule has 0 spiro atoms. The first-order valence-corrected chi connectivity index (χ1v) is 25.9. The van der Waals surface area contributed by atoms with E-state index in [9.17, 15) is 29.4 Å². The van der Waals surface area contributed by atoms with Gasteiger partial charge in [-0.15, -0.1) is 0 Å². The van der Waals surface area contributed by atoms with Crippen molar-refractivity contribution in [1.82, 2.24) is 9.47 Å². The fourth-order valence-electron chi connectivity index (χ4n) is 12.1. The number of aliphatic hydroxyl groups is 2. The number of esters is 1. The Hall–Kier alpha value is -3.92. The Balaban J connectivity index is 1.17. The van der Waals surface area contributed by atoms with Gasteiger partial charge >= 0.3 is 5.97 Å². The van der Waals surface area contributed by atoms with Gasteiger partial charge in [-0.1, -0.05) is 45.4 Å². The highest BCUT2D eigenvalue weighted by Gasteiger charge is 2.56. The van der Waals surface area contributed by atoms with Crippen molar-refractivity contribution in [2.45, 2.75) is 186 Å². The zero-order chi connectivity index (χ0) is 49.9. The summed E-state index contributed by atoms with van der Waals surface area (Å²) in [5.41, 5.74) is 4.13. The van der Waals surface area contributed by atoms with Crippen LogP contribution in [0.5, 0.6) is 0 Å². The van der Waals surface area contributed by atoms with Crippen molar-refractivity contribution < 1.29 is 53.1 Å². The van der Waals surface area contributed by atoms with Crippen molar-refractivity contribution >= 4 is 40.0 Å². The largest absolute Gasteiger partial charge is 0.456 e. The van der Waals surface area contributed by atoms with Crippen LogP contribution in [0.3, 0.4) is 0 Å². The number of likely N-dealkylation sites (N-methyl/N-ethyl adjacent to an activating group) is 1. The van der Waals surface area contributed by atoms with Crippen molar-refractivity contribution in [3.05, 3.63) is 53.8 Å². The number of carbonyl (C=O) groups is 4. The summed E-state index contributed by atoms with van der Waals surface area (Å²) < 4.78 is 33.2. The summed E-state index contributed by atoms with van der Waals surface area (Å²) in [6.07, 6.45) is 10.1. The maximum absolute atomic E-state index is 14.6. The van der Waals surface area contributed by atoms with Gasteiger partial charge in [0.25, 0.3) is 11.7 Å². The lowest BCUT2D eigenvalue weighted by Crippen LogP contribution is -2.64. The fourth-order valence-corrected chi connectivity index (χ4v) is 12.1. The first-order valence-electron chi connectivity index (χ1n) is 25.9. The molecule has 1 amide bonds. The van der Waals surface area contributed by atoms with E-state index in [1.165, 1.54) is 28.6 Å². The topological polar surface area (TPSA) is 166 Å². The van der Waals surface area contributed by atoms with Gasteiger partial charge in [-0.05, 0) is 133 Å². The van der Waals surface area contributed by atoms with E-state index in [0.717, 1.165) is 36.1 Å². The predicted octanol–water partition coefficient (Wildman–Crippen LogP) is 7.91. The van der Waals surface area contributed by atoms with Gasteiger partial charge in [0.1, 0.15) is 24.0 Å². The van der Waals surface area contributed by atoms with Crippen LogP contribution in [0.15, 0.2) is 53.8 Å². The number of hydrogen-bond donors (Lipinski definition) is 2. The normalized spacial score (nSPS) is 37.1. The van der Waals surface area contributed by atoms with E-state index in [1.54, 1.807) is 35.2 Å². The zero-order valence-corrected chi connectivity index (χ0v) is 42.9. The van der Waals surface area contributed by atoms with Crippen molar-refractivity contribution in [3.8, 4) is 0 Å². The van der Waals surface area contributed by atoms with Crippen LogP contribution in [0, 0.1) is 29.6 Å². The molecule has 4 fully saturated rings. The Kier molecular flexibility index (Phi) is 17.4. The molecule has 2 N–H and O–H groups in total. The summed E-state index contributed by atoms with van der Waals surface area (Å²) >= 11 is 0. The molecule has 4 heterocycles. The van der Waals surface area contributed by atoms with Crippen molar-refractivity contribution in [3.63, 3.8) is 0 Å². The third-order valence-electron chi connectivity index (χ3n) is 16.4. The number of carbonyl (C=O) groups excluding carboxylic acids is 4. The number of fused-ring (bicyclic) bond motifs is 4. The number of piperidine rings is 1. The first kappa shape index (κ1) is 52.9. The van der Waals surface area contributed by atoms with E-state index in [4.69, 9.17) is 23.7 Å². The zero-order valence-electron chi connectivity index (χ0n) is 42.9. The molecule has 1 aromatic carbocycles. The summed E-state index contributed by atoms with van der Waals surface area (Å²) in [5, 5.41) is 25.3. The molecular formula is C55H81N3O11. The molecule has 2 aromatic rings. The molecule has 0 radical (unpaired) electrons. The van der Waals surface area contributed by atoms with Crippen LogP contribution < -0.4 is 4.90 Å². The quantitative estimate of drug-likeness (QED) is 0.142. The molecule has 1 aromatic heterocycles. The highest BCUT2D eigenvalue weighted by atomic mass is 16.7. The molecular weight excluding hydrogens is 879 g/mol. The molecule has 14 unspecified atom stereocenters. The maximum Gasteiger partial charge on any atom is 0.329 e. The molecule has 2 aliphatic carbocycles. The van der Waals surface area contributed by atoms with Crippen LogP contribution in [0.25, 0.3) is 10.9 Å². The molecule has 3 aliphatic heterocycles. The van der Waals surface area contributed by atoms with E-state index >= 15 is 0 Å². The second-order valence-electron chi connectivity index (χ2n) is 21.5. The third-order valence-corrected chi connectivity index (χ3v) is 16.4. The Labute approximate surface area is 410 Å². The van der Waals surface area contributed by atoms with E-state index < -0.39 is 77.8 Å². The number of amides is 1. The molecule has 2 saturated carbocycles. The molecule has 7 rings (SSSR count). The number of ketones is 2. The second kappa shape index (κ2) is 22.7. The van der Waals surface area contributed by atoms with Crippen LogP contribution in [-0.4, -0.2) is 133 Å². The van der Waals surface area contributed by atoms with Gasteiger partial charge in [-0.25, -0.2) is 4.79 Å². The smallest absolute Gasteiger partial charge is 0.329 e. The van der Waals surface area contributed by atoms with Crippen LogP contribution in [-0.2, 0) is 42.9 Å². The molecule has 382 valence electrons. The number of ether oxygens (including phenoxy) is 5. The van der Waals surface area contributed by atoms with Gasteiger partial charge in [-0.2, -0.15) is 0 Å². The Morgan fingerprint density at radius 1 is 0.913 bits per heavy atom. The summed E-state index contributed by atoms with van der Waals surface area (Å²) in [4.78, 5) is 61.1.